The Hall–Kier alpha value is -2.37. The average Bonchev–Trinajstić information content (AvgIpc) is 2.92. The standard InChI is InChI=1S/C18H14Cl2FN3O/c1-11-8-17(24(23-11)14-5-3-13(21)4-6-14)22-18(25)10-12-2-7-15(19)16(20)9-12/h2-9H,10H2,1H3,(H,22,25). The molecule has 1 heterocycles. The molecule has 4 nitrogen and oxygen atoms in total. The number of nitrogens with one attached hydrogen (secondary N) is 1. The summed E-state index contributed by atoms with van der Waals surface area (Å²) in [5.74, 6) is -0.0475. The summed E-state index contributed by atoms with van der Waals surface area (Å²) >= 11 is 11.8. The van der Waals surface area contributed by atoms with Crippen molar-refractivity contribution in [2.75, 3.05) is 5.32 Å². The van der Waals surface area contributed by atoms with Gasteiger partial charge in [-0.05, 0) is 48.9 Å². The zero-order chi connectivity index (χ0) is 18.0. The molecule has 1 amide bonds. The Morgan fingerprint density at radius 3 is 2.52 bits per heavy atom. The highest BCUT2D eigenvalue weighted by molar-refractivity contribution is 6.42. The van der Waals surface area contributed by atoms with E-state index < -0.39 is 0 Å². The van der Waals surface area contributed by atoms with Crippen molar-refractivity contribution in [3.63, 3.8) is 0 Å². The van der Waals surface area contributed by atoms with E-state index in [0.29, 0.717) is 21.6 Å². The van der Waals surface area contributed by atoms with Crippen molar-refractivity contribution in [2.24, 2.45) is 0 Å². The maximum atomic E-state index is 13.1. The van der Waals surface area contributed by atoms with Crippen molar-refractivity contribution in [3.8, 4) is 5.69 Å². The Labute approximate surface area is 154 Å². The number of aryl methyl sites for hydroxylation is 1. The zero-order valence-electron chi connectivity index (χ0n) is 13.3. The summed E-state index contributed by atoms with van der Waals surface area (Å²) in [4.78, 5) is 12.3. The topological polar surface area (TPSA) is 46.9 Å². The molecule has 0 aliphatic heterocycles. The highest BCUT2D eigenvalue weighted by Crippen LogP contribution is 2.23. The molecule has 7 heteroatoms. The van der Waals surface area contributed by atoms with Gasteiger partial charge in [-0.3, -0.25) is 4.79 Å². The molecular formula is C18H14Cl2FN3O. The largest absolute Gasteiger partial charge is 0.310 e. The van der Waals surface area contributed by atoms with Crippen LogP contribution < -0.4 is 5.32 Å². The Kier molecular flexibility index (Phi) is 5.06. The molecule has 0 aliphatic carbocycles. The molecule has 0 saturated carbocycles. The van der Waals surface area contributed by atoms with Gasteiger partial charge in [0.15, 0.2) is 0 Å². The average molecular weight is 378 g/mol. The van der Waals surface area contributed by atoms with Crippen molar-refractivity contribution in [1.29, 1.82) is 0 Å². The van der Waals surface area contributed by atoms with Gasteiger partial charge in [0, 0.05) is 6.07 Å². The molecule has 3 rings (SSSR count). The van der Waals surface area contributed by atoms with Crippen molar-refractivity contribution in [1.82, 2.24) is 9.78 Å². The van der Waals surface area contributed by atoms with Gasteiger partial charge in [-0.15, -0.1) is 0 Å². The molecule has 0 fully saturated rings. The summed E-state index contributed by atoms with van der Waals surface area (Å²) in [6.45, 7) is 1.81. The van der Waals surface area contributed by atoms with Crippen LogP contribution in [0.1, 0.15) is 11.3 Å². The first-order valence-electron chi connectivity index (χ1n) is 7.49. The van der Waals surface area contributed by atoms with Gasteiger partial charge in [0.25, 0.3) is 0 Å². The summed E-state index contributed by atoms with van der Waals surface area (Å²) in [7, 11) is 0. The maximum Gasteiger partial charge on any atom is 0.229 e. The molecule has 0 radical (unpaired) electrons. The summed E-state index contributed by atoms with van der Waals surface area (Å²) in [5, 5.41) is 8.00. The van der Waals surface area contributed by atoms with E-state index in [2.05, 4.69) is 10.4 Å². The lowest BCUT2D eigenvalue weighted by molar-refractivity contribution is -0.115. The number of amides is 1. The zero-order valence-corrected chi connectivity index (χ0v) is 14.8. The molecule has 3 aromatic rings. The number of benzene rings is 2. The van der Waals surface area contributed by atoms with E-state index in [1.807, 2.05) is 6.92 Å². The first kappa shape index (κ1) is 17.5. The van der Waals surface area contributed by atoms with Crippen molar-refractivity contribution in [2.45, 2.75) is 13.3 Å². The van der Waals surface area contributed by atoms with Gasteiger partial charge in [-0.2, -0.15) is 5.10 Å². The summed E-state index contributed by atoms with van der Waals surface area (Å²) < 4.78 is 14.7. The second kappa shape index (κ2) is 7.25. The Morgan fingerprint density at radius 2 is 1.84 bits per heavy atom. The van der Waals surface area contributed by atoms with Crippen LogP contribution in [0.2, 0.25) is 10.0 Å². The van der Waals surface area contributed by atoms with E-state index in [4.69, 9.17) is 23.2 Å². The van der Waals surface area contributed by atoms with Gasteiger partial charge in [0.2, 0.25) is 5.91 Å². The van der Waals surface area contributed by atoms with Gasteiger partial charge in [0.05, 0.1) is 27.8 Å². The lowest BCUT2D eigenvalue weighted by Gasteiger charge is -2.09. The number of carbonyl (C=O) groups excluding carboxylic acids is 1. The number of aromatic nitrogens is 2. The number of carbonyl (C=O) groups is 1. The molecular weight excluding hydrogens is 364 g/mol. The van der Waals surface area contributed by atoms with Gasteiger partial charge in [-0.25, -0.2) is 9.07 Å². The molecule has 0 aliphatic rings. The smallest absolute Gasteiger partial charge is 0.229 e. The quantitative estimate of drug-likeness (QED) is 0.709. The number of anilines is 1. The minimum absolute atomic E-state index is 0.143. The highest BCUT2D eigenvalue weighted by Gasteiger charge is 2.12. The number of rotatable bonds is 4. The van der Waals surface area contributed by atoms with Crippen LogP contribution in [0.3, 0.4) is 0 Å². The van der Waals surface area contributed by atoms with Crippen LogP contribution in [0.25, 0.3) is 5.69 Å². The molecule has 128 valence electrons. The Bertz CT molecular complexity index is 923. The van der Waals surface area contributed by atoms with E-state index >= 15 is 0 Å². The van der Waals surface area contributed by atoms with Crippen LogP contribution in [0, 0.1) is 12.7 Å². The van der Waals surface area contributed by atoms with E-state index in [-0.39, 0.29) is 18.1 Å². The van der Waals surface area contributed by atoms with Gasteiger partial charge in [0.1, 0.15) is 11.6 Å². The molecule has 0 bridgehead atoms. The van der Waals surface area contributed by atoms with Crippen LogP contribution in [0.5, 0.6) is 0 Å². The first-order valence-corrected chi connectivity index (χ1v) is 8.24. The molecule has 0 unspecified atom stereocenters. The lowest BCUT2D eigenvalue weighted by Crippen LogP contribution is -2.17. The number of hydrogen-bond acceptors (Lipinski definition) is 2. The second-order valence-corrected chi connectivity index (χ2v) is 6.35. The van der Waals surface area contributed by atoms with Gasteiger partial charge < -0.3 is 5.32 Å². The van der Waals surface area contributed by atoms with Crippen LogP contribution in [-0.4, -0.2) is 15.7 Å². The van der Waals surface area contributed by atoms with Crippen LogP contribution in [0.15, 0.2) is 48.5 Å². The predicted molar refractivity (Wildman–Crippen MR) is 97.1 cm³/mol. The highest BCUT2D eigenvalue weighted by atomic mass is 35.5. The Morgan fingerprint density at radius 1 is 1.12 bits per heavy atom. The fraction of sp³-hybridized carbons (Fsp3) is 0.111. The Balaban J connectivity index is 1.79. The van der Waals surface area contributed by atoms with Crippen LogP contribution in [-0.2, 0) is 11.2 Å². The summed E-state index contributed by atoms with van der Waals surface area (Å²) in [6, 6.07) is 12.7. The SMILES string of the molecule is Cc1cc(NC(=O)Cc2ccc(Cl)c(Cl)c2)n(-c2ccc(F)cc2)n1. The minimum Gasteiger partial charge on any atom is -0.310 e. The van der Waals surface area contributed by atoms with Crippen LogP contribution >= 0.6 is 23.2 Å². The number of nitrogens with zero attached hydrogens (tertiary/aromatic N) is 2. The third-order valence-electron chi connectivity index (χ3n) is 3.52. The second-order valence-electron chi connectivity index (χ2n) is 5.53. The van der Waals surface area contributed by atoms with Gasteiger partial charge >= 0.3 is 0 Å². The molecule has 1 N–H and O–H groups in total. The van der Waals surface area contributed by atoms with E-state index in [1.165, 1.54) is 12.1 Å². The number of halogens is 3. The van der Waals surface area contributed by atoms with Crippen molar-refractivity contribution < 1.29 is 9.18 Å². The first-order chi connectivity index (χ1) is 11.9. The molecule has 0 spiro atoms. The fourth-order valence-corrected chi connectivity index (χ4v) is 2.71. The third-order valence-corrected chi connectivity index (χ3v) is 4.26. The van der Waals surface area contributed by atoms with Crippen LogP contribution in [0.4, 0.5) is 10.2 Å². The summed E-state index contributed by atoms with van der Waals surface area (Å²) in [6.07, 6.45) is 0.143. The normalized spacial score (nSPS) is 10.7. The predicted octanol–water partition coefficient (Wildman–Crippen LogP) is 4.81. The fourth-order valence-electron chi connectivity index (χ4n) is 2.39. The van der Waals surface area contributed by atoms with Crippen molar-refractivity contribution in [3.05, 3.63) is 75.7 Å². The van der Waals surface area contributed by atoms with E-state index in [0.717, 1.165) is 11.3 Å². The summed E-state index contributed by atoms with van der Waals surface area (Å²) in [5.41, 5.74) is 2.13. The third kappa shape index (κ3) is 4.18. The molecule has 2 aromatic carbocycles. The molecule has 0 saturated heterocycles. The molecule has 1 aromatic heterocycles. The lowest BCUT2D eigenvalue weighted by atomic mass is 10.1. The van der Waals surface area contributed by atoms with Crippen molar-refractivity contribution >= 4 is 34.9 Å². The van der Waals surface area contributed by atoms with E-state index in [1.54, 1.807) is 41.1 Å². The van der Waals surface area contributed by atoms with E-state index in [9.17, 15) is 9.18 Å². The van der Waals surface area contributed by atoms with Gasteiger partial charge in [-0.1, -0.05) is 29.3 Å². The minimum atomic E-state index is -0.335. The molecule has 25 heavy (non-hydrogen) atoms. The molecule has 0 atom stereocenters. The number of hydrogen-bond donors (Lipinski definition) is 1. The maximum absolute atomic E-state index is 13.1. The monoisotopic (exact) mass is 377 g/mol.